The van der Waals surface area contributed by atoms with E-state index in [0.717, 1.165) is 17.9 Å². The summed E-state index contributed by atoms with van der Waals surface area (Å²) in [7, 11) is 0. The summed E-state index contributed by atoms with van der Waals surface area (Å²) in [4.78, 5) is 11.1. The van der Waals surface area contributed by atoms with Crippen LogP contribution in [0.1, 0.15) is 37.3 Å². The maximum absolute atomic E-state index is 6.21. The molecule has 1 fully saturated rings. The highest BCUT2D eigenvalue weighted by atomic mass is 35.5. The molecule has 0 radical (unpaired) electrons. The number of rotatable bonds is 4. The highest BCUT2D eigenvalue weighted by molar-refractivity contribution is 7.80. The van der Waals surface area contributed by atoms with Gasteiger partial charge in [0.15, 0.2) is 5.11 Å². The topological polar surface area (TPSA) is 53.1 Å². The molecule has 0 spiro atoms. The molecule has 0 amide bonds. The number of aromatic nitrogens is 2. The molecule has 2 aromatic rings. The minimum absolute atomic E-state index is 0.414. The second-order valence-electron chi connectivity index (χ2n) is 6.70. The van der Waals surface area contributed by atoms with Crippen LogP contribution in [0.3, 0.4) is 0 Å². The van der Waals surface area contributed by atoms with Crippen molar-refractivity contribution in [1.82, 2.24) is 15.3 Å². The number of halogens is 1. The number of benzene rings is 1. The number of piperidine rings is 1. The zero-order valence-corrected chi connectivity index (χ0v) is 16.7. The average Bonchev–Trinajstić information content (AvgIpc) is 2.61. The lowest BCUT2D eigenvalue weighted by Gasteiger charge is -2.34. The van der Waals surface area contributed by atoms with E-state index in [2.05, 4.69) is 63.6 Å². The Labute approximate surface area is 165 Å². The third kappa shape index (κ3) is 5.05. The van der Waals surface area contributed by atoms with Gasteiger partial charge in [0.05, 0.1) is 0 Å². The van der Waals surface area contributed by atoms with Crippen LogP contribution in [0.15, 0.2) is 30.3 Å². The number of aryl methyl sites for hydroxylation is 1. The Morgan fingerprint density at radius 3 is 2.77 bits per heavy atom. The van der Waals surface area contributed by atoms with E-state index in [0.29, 0.717) is 28.8 Å². The molecule has 7 heteroatoms. The number of nitrogens with zero attached hydrogens (tertiary/aromatic N) is 3. The Kier molecular flexibility index (Phi) is 6.27. The summed E-state index contributed by atoms with van der Waals surface area (Å²) in [6.45, 7) is 5.92. The Morgan fingerprint density at radius 1 is 1.27 bits per heavy atom. The van der Waals surface area contributed by atoms with Gasteiger partial charge in [0.25, 0.3) is 0 Å². The highest BCUT2D eigenvalue weighted by Crippen LogP contribution is 2.25. The van der Waals surface area contributed by atoms with Crippen molar-refractivity contribution in [2.24, 2.45) is 0 Å². The quantitative estimate of drug-likeness (QED) is 0.600. The second kappa shape index (κ2) is 8.64. The van der Waals surface area contributed by atoms with Crippen molar-refractivity contribution in [3.05, 3.63) is 46.6 Å². The monoisotopic (exact) mass is 389 g/mol. The van der Waals surface area contributed by atoms with Crippen LogP contribution in [0.4, 0.5) is 11.8 Å². The Hall–Kier alpha value is -1.92. The maximum Gasteiger partial charge on any atom is 0.232 e. The van der Waals surface area contributed by atoms with E-state index in [-0.39, 0.29) is 0 Å². The Balaban J connectivity index is 1.63. The van der Waals surface area contributed by atoms with Crippen molar-refractivity contribution < 1.29 is 0 Å². The third-order valence-electron chi connectivity index (χ3n) is 4.58. The summed E-state index contributed by atoms with van der Waals surface area (Å²) in [5.74, 6) is 1.27. The van der Waals surface area contributed by atoms with Gasteiger partial charge in [-0.15, -0.1) is 0 Å². The minimum Gasteiger partial charge on any atom is -0.358 e. The zero-order valence-electron chi connectivity index (χ0n) is 15.1. The van der Waals surface area contributed by atoms with Crippen LogP contribution in [0.5, 0.6) is 0 Å². The molecule has 1 aromatic heterocycles. The third-order valence-corrected chi connectivity index (χ3v) is 5.02. The van der Waals surface area contributed by atoms with Crippen LogP contribution < -0.4 is 15.5 Å². The van der Waals surface area contributed by atoms with Gasteiger partial charge in [-0.05, 0) is 50.9 Å². The zero-order chi connectivity index (χ0) is 18.5. The number of nitrogens with one attached hydrogen (secondary N) is 2. The summed E-state index contributed by atoms with van der Waals surface area (Å²) in [5, 5.41) is 7.11. The lowest BCUT2D eigenvalue weighted by atomic mass is 10.0. The molecule has 3 rings (SSSR count). The number of hydrogen-bond acceptors (Lipinski definition) is 4. The first-order chi connectivity index (χ1) is 12.5. The van der Waals surface area contributed by atoms with Gasteiger partial charge in [-0.2, -0.15) is 4.98 Å². The van der Waals surface area contributed by atoms with Crippen molar-refractivity contribution in [2.45, 2.75) is 45.7 Å². The van der Waals surface area contributed by atoms with Gasteiger partial charge >= 0.3 is 0 Å². The van der Waals surface area contributed by atoms with Crippen LogP contribution in [0.25, 0.3) is 0 Å². The van der Waals surface area contributed by atoms with Gasteiger partial charge < -0.3 is 15.5 Å². The molecule has 2 heterocycles. The number of thiocarbonyl (C=S) groups is 1. The molecule has 1 aliphatic heterocycles. The molecule has 1 saturated heterocycles. The molecule has 1 aliphatic rings. The Morgan fingerprint density at radius 2 is 2.04 bits per heavy atom. The summed E-state index contributed by atoms with van der Waals surface area (Å²) >= 11 is 11.6. The fourth-order valence-corrected chi connectivity index (χ4v) is 3.42. The van der Waals surface area contributed by atoms with E-state index in [9.17, 15) is 0 Å². The summed E-state index contributed by atoms with van der Waals surface area (Å²) in [5.41, 5.74) is 2.40. The smallest absolute Gasteiger partial charge is 0.232 e. The lowest BCUT2D eigenvalue weighted by molar-refractivity contribution is 0.481. The van der Waals surface area contributed by atoms with E-state index in [1.54, 1.807) is 0 Å². The van der Waals surface area contributed by atoms with Crippen molar-refractivity contribution in [3.8, 4) is 0 Å². The fourth-order valence-electron chi connectivity index (χ4n) is 3.08. The summed E-state index contributed by atoms with van der Waals surface area (Å²) < 4.78 is 0. The molecule has 0 saturated carbocycles. The van der Waals surface area contributed by atoms with Crippen molar-refractivity contribution in [1.29, 1.82) is 0 Å². The molecule has 138 valence electrons. The molecule has 0 unspecified atom stereocenters. The van der Waals surface area contributed by atoms with Crippen LogP contribution in [-0.4, -0.2) is 27.7 Å². The van der Waals surface area contributed by atoms with Gasteiger partial charge in [-0.3, -0.25) is 0 Å². The summed E-state index contributed by atoms with van der Waals surface area (Å²) in [6, 6.07) is 10.6. The molecule has 2 N–H and O–H groups in total. The highest BCUT2D eigenvalue weighted by Gasteiger charge is 2.20. The molecule has 5 nitrogen and oxygen atoms in total. The first-order valence-corrected chi connectivity index (χ1v) is 9.71. The molecular formula is C19H24ClN5S. The van der Waals surface area contributed by atoms with E-state index in [1.165, 1.54) is 24.8 Å². The predicted octanol–water partition coefficient (Wildman–Crippen LogP) is 4.30. The lowest BCUT2D eigenvalue weighted by Crippen LogP contribution is -2.38. The first kappa shape index (κ1) is 18.9. The standard InChI is InChI=1S/C19H24ClN5S/c1-13-6-8-15(9-7-13)12-21-19(26)24-18-22-16(20)11-17(23-18)25-10-4-3-5-14(25)2/h6-9,11,14H,3-5,10,12H2,1-2H3,(H2,21,22,23,24,26)/t14-/m1/s1. The largest absolute Gasteiger partial charge is 0.358 e. The van der Waals surface area contributed by atoms with Gasteiger partial charge in [-0.25, -0.2) is 4.98 Å². The minimum atomic E-state index is 0.414. The first-order valence-electron chi connectivity index (χ1n) is 8.93. The van der Waals surface area contributed by atoms with E-state index < -0.39 is 0 Å². The Bertz CT molecular complexity index is 765. The molecular weight excluding hydrogens is 366 g/mol. The number of anilines is 2. The van der Waals surface area contributed by atoms with Gasteiger partial charge in [0.2, 0.25) is 5.95 Å². The van der Waals surface area contributed by atoms with Gasteiger partial charge in [0, 0.05) is 25.2 Å². The van der Waals surface area contributed by atoms with Crippen LogP contribution >= 0.6 is 23.8 Å². The summed E-state index contributed by atoms with van der Waals surface area (Å²) in [6.07, 6.45) is 3.60. The van der Waals surface area contributed by atoms with Crippen LogP contribution in [0.2, 0.25) is 5.15 Å². The maximum atomic E-state index is 6.21. The van der Waals surface area contributed by atoms with Crippen molar-refractivity contribution >= 4 is 40.7 Å². The average molecular weight is 390 g/mol. The van der Waals surface area contributed by atoms with Crippen LogP contribution in [0, 0.1) is 6.92 Å². The van der Waals surface area contributed by atoms with E-state index >= 15 is 0 Å². The van der Waals surface area contributed by atoms with E-state index in [4.69, 9.17) is 23.8 Å². The SMILES string of the molecule is Cc1ccc(CNC(=S)Nc2nc(Cl)cc(N3CCCC[C@H]3C)n2)cc1. The molecule has 1 aromatic carbocycles. The molecule has 0 bridgehead atoms. The van der Waals surface area contributed by atoms with E-state index in [1.807, 2.05) is 6.07 Å². The normalized spacial score (nSPS) is 17.0. The molecule has 1 atom stereocenters. The van der Waals surface area contributed by atoms with Gasteiger partial charge in [-0.1, -0.05) is 41.4 Å². The van der Waals surface area contributed by atoms with Crippen molar-refractivity contribution in [2.75, 3.05) is 16.8 Å². The van der Waals surface area contributed by atoms with Crippen molar-refractivity contribution in [3.63, 3.8) is 0 Å². The second-order valence-corrected chi connectivity index (χ2v) is 7.50. The van der Waals surface area contributed by atoms with Gasteiger partial charge in [0.1, 0.15) is 11.0 Å². The molecule has 26 heavy (non-hydrogen) atoms. The number of hydrogen-bond donors (Lipinski definition) is 2. The fraction of sp³-hybridized carbons (Fsp3) is 0.421. The predicted molar refractivity (Wildman–Crippen MR) is 112 cm³/mol. The molecule has 0 aliphatic carbocycles. The van der Waals surface area contributed by atoms with Crippen LogP contribution in [-0.2, 0) is 6.54 Å².